The van der Waals surface area contributed by atoms with E-state index in [0.29, 0.717) is 12.5 Å². The van der Waals surface area contributed by atoms with E-state index in [9.17, 15) is 4.79 Å². The van der Waals surface area contributed by atoms with Gasteiger partial charge in [-0.15, -0.1) is 0 Å². The SMILES string of the molecule is COC(=O)CCCSC(=S)NC[C@H]1CCCO1. The fourth-order valence-electron chi connectivity index (χ4n) is 1.54. The molecule has 0 unspecified atom stereocenters. The van der Waals surface area contributed by atoms with Crippen molar-refractivity contribution in [2.45, 2.75) is 31.8 Å². The number of nitrogens with one attached hydrogen (secondary N) is 1. The second kappa shape index (κ2) is 8.72. The highest BCUT2D eigenvalue weighted by atomic mass is 32.2. The van der Waals surface area contributed by atoms with E-state index in [2.05, 4.69) is 10.1 Å². The van der Waals surface area contributed by atoms with Gasteiger partial charge >= 0.3 is 5.97 Å². The highest BCUT2D eigenvalue weighted by molar-refractivity contribution is 8.22. The number of carbonyl (C=O) groups excluding carboxylic acids is 1. The first-order valence-corrected chi connectivity index (χ1v) is 7.21. The van der Waals surface area contributed by atoms with Gasteiger partial charge in [0.2, 0.25) is 0 Å². The van der Waals surface area contributed by atoms with E-state index in [1.54, 1.807) is 11.8 Å². The van der Waals surface area contributed by atoms with Crippen LogP contribution in [0.3, 0.4) is 0 Å². The molecule has 1 heterocycles. The zero-order valence-electron chi connectivity index (χ0n) is 10.1. The van der Waals surface area contributed by atoms with Gasteiger partial charge in [-0.25, -0.2) is 0 Å². The van der Waals surface area contributed by atoms with Crippen LogP contribution >= 0.6 is 24.0 Å². The molecular formula is C11H19NO3S2. The van der Waals surface area contributed by atoms with Crippen LogP contribution in [0.2, 0.25) is 0 Å². The zero-order valence-corrected chi connectivity index (χ0v) is 11.7. The van der Waals surface area contributed by atoms with Crippen molar-refractivity contribution in [1.82, 2.24) is 5.32 Å². The summed E-state index contributed by atoms with van der Waals surface area (Å²) in [6.07, 6.45) is 3.81. The molecule has 1 rings (SSSR count). The summed E-state index contributed by atoms with van der Waals surface area (Å²) in [5, 5.41) is 3.18. The molecule has 0 aromatic rings. The maximum absolute atomic E-state index is 10.9. The molecule has 1 saturated heterocycles. The van der Waals surface area contributed by atoms with Crippen molar-refractivity contribution in [3.8, 4) is 0 Å². The third kappa shape index (κ3) is 6.85. The molecule has 4 nitrogen and oxygen atoms in total. The lowest BCUT2D eigenvalue weighted by Crippen LogP contribution is -2.29. The van der Waals surface area contributed by atoms with E-state index in [1.807, 2.05) is 0 Å². The van der Waals surface area contributed by atoms with Gasteiger partial charge in [-0.05, 0) is 19.3 Å². The number of carbonyl (C=O) groups is 1. The quantitative estimate of drug-likeness (QED) is 0.453. The van der Waals surface area contributed by atoms with Crippen molar-refractivity contribution < 1.29 is 14.3 Å². The Morgan fingerprint density at radius 2 is 2.47 bits per heavy atom. The van der Waals surface area contributed by atoms with Crippen LogP contribution in [-0.4, -0.2) is 42.4 Å². The largest absolute Gasteiger partial charge is 0.469 e. The first kappa shape index (κ1) is 14.7. The molecule has 1 atom stereocenters. The lowest BCUT2D eigenvalue weighted by molar-refractivity contribution is -0.140. The van der Waals surface area contributed by atoms with Crippen LogP contribution in [0, 0.1) is 0 Å². The van der Waals surface area contributed by atoms with Gasteiger partial charge in [0.15, 0.2) is 0 Å². The molecule has 0 spiro atoms. The number of hydrogen-bond acceptors (Lipinski definition) is 5. The topological polar surface area (TPSA) is 47.6 Å². The molecule has 0 aliphatic carbocycles. The van der Waals surface area contributed by atoms with Crippen LogP contribution in [-0.2, 0) is 14.3 Å². The lowest BCUT2D eigenvalue weighted by atomic mass is 10.2. The van der Waals surface area contributed by atoms with E-state index in [0.717, 1.165) is 42.5 Å². The van der Waals surface area contributed by atoms with Gasteiger partial charge < -0.3 is 14.8 Å². The van der Waals surface area contributed by atoms with Crippen LogP contribution in [0.4, 0.5) is 0 Å². The highest BCUT2D eigenvalue weighted by Gasteiger charge is 2.15. The zero-order chi connectivity index (χ0) is 12.5. The Bertz CT molecular complexity index is 255. The van der Waals surface area contributed by atoms with E-state index >= 15 is 0 Å². The molecule has 0 aromatic heterocycles. The Morgan fingerprint density at radius 3 is 3.12 bits per heavy atom. The van der Waals surface area contributed by atoms with Crippen LogP contribution in [0.25, 0.3) is 0 Å². The van der Waals surface area contributed by atoms with Gasteiger partial charge in [-0.2, -0.15) is 0 Å². The van der Waals surface area contributed by atoms with Crippen LogP contribution < -0.4 is 5.32 Å². The first-order valence-electron chi connectivity index (χ1n) is 5.81. The second-order valence-corrected chi connectivity index (χ2v) is 5.60. The monoisotopic (exact) mass is 277 g/mol. The summed E-state index contributed by atoms with van der Waals surface area (Å²) in [4.78, 5) is 10.9. The number of methoxy groups -OCH3 is 1. The van der Waals surface area contributed by atoms with Gasteiger partial charge in [0.1, 0.15) is 4.32 Å². The molecule has 1 N–H and O–H groups in total. The Morgan fingerprint density at radius 1 is 1.65 bits per heavy atom. The molecule has 0 amide bonds. The Kier molecular flexibility index (Phi) is 7.55. The van der Waals surface area contributed by atoms with Gasteiger partial charge in [0, 0.05) is 25.3 Å². The van der Waals surface area contributed by atoms with Gasteiger partial charge in [0.25, 0.3) is 0 Å². The minimum Gasteiger partial charge on any atom is -0.469 e. The minimum absolute atomic E-state index is 0.163. The third-order valence-electron chi connectivity index (χ3n) is 2.48. The second-order valence-electron chi connectivity index (χ2n) is 3.83. The minimum atomic E-state index is -0.163. The number of thioether (sulfide) groups is 1. The summed E-state index contributed by atoms with van der Waals surface area (Å²) in [5.74, 6) is 0.677. The molecule has 0 saturated carbocycles. The maximum atomic E-state index is 10.9. The van der Waals surface area contributed by atoms with Gasteiger partial charge in [-0.3, -0.25) is 4.79 Å². The molecular weight excluding hydrogens is 258 g/mol. The fraction of sp³-hybridized carbons (Fsp3) is 0.818. The first-order chi connectivity index (χ1) is 8.22. The summed E-state index contributed by atoms with van der Waals surface area (Å²) in [6.45, 7) is 1.66. The van der Waals surface area contributed by atoms with Gasteiger partial charge in [0.05, 0.1) is 13.2 Å². The van der Waals surface area contributed by atoms with Crippen molar-refractivity contribution in [3.63, 3.8) is 0 Å². The van der Waals surface area contributed by atoms with Gasteiger partial charge in [-0.1, -0.05) is 24.0 Å². The molecule has 0 aromatic carbocycles. The average Bonchev–Trinajstić information content (AvgIpc) is 2.84. The van der Waals surface area contributed by atoms with Crippen molar-refractivity contribution in [2.24, 2.45) is 0 Å². The van der Waals surface area contributed by atoms with Crippen LogP contribution in [0.5, 0.6) is 0 Å². The summed E-state index contributed by atoms with van der Waals surface area (Å²) in [5.41, 5.74) is 0. The number of rotatable bonds is 6. The van der Waals surface area contributed by atoms with Crippen LogP contribution in [0.15, 0.2) is 0 Å². The summed E-state index contributed by atoms with van der Waals surface area (Å²) in [7, 11) is 1.41. The number of ether oxygens (including phenoxy) is 2. The molecule has 1 aliphatic heterocycles. The van der Waals surface area contributed by atoms with E-state index in [4.69, 9.17) is 17.0 Å². The third-order valence-corrected chi connectivity index (χ3v) is 3.88. The predicted molar refractivity (Wildman–Crippen MR) is 73.3 cm³/mol. The van der Waals surface area contributed by atoms with Crippen LogP contribution in [0.1, 0.15) is 25.7 Å². The standard InChI is InChI=1S/C11H19NO3S2/c1-14-10(13)5-3-7-17-11(16)12-8-9-4-2-6-15-9/h9H,2-8H2,1H3,(H,12,16)/t9-/m1/s1. The maximum Gasteiger partial charge on any atom is 0.305 e. The number of thiocarbonyl (C=S) groups is 1. The summed E-state index contributed by atoms with van der Waals surface area (Å²) < 4.78 is 10.8. The Hall–Kier alpha value is -0.330. The Labute approximate surface area is 112 Å². The summed E-state index contributed by atoms with van der Waals surface area (Å²) in [6, 6.07) is 0. The van der Waals surface area contributed by atoms with Crippen molar-refractivity contribution in [1.29, 1.82) is 0 Å². The van der Waals surface area contributed by atoms with Crippen molar-refractivity contribution in [2.75, 3.05) is 26.0 Å². The molecule has 98 valence electrons. The number of esters is 1. The number of hydrogen-bond donors (Lipinski definition) is 1. The van der Waals surface area contributed by atoms with Crippen molar-refractivity contribution in [3.05, 3.63) is 0 Å². The Balaban J connectivity index is 1.95. The molecule has 0 radical (unpaired) electrons. The lowest BCUT2D eigenvalue weighted by Gasteiger charge is -2.11. The molecule has 0 bridgehead atoms. The summed E-state index contributed by atoms with van der Waals surface area (Å²) >= 11 is 6.75. The van der Waals surface area contributed by atoms with Crippen molar-refractivity contribution >= 4 is 34.3 Å². The molecule has 6 heteroatoms. The predicted octanol–water partition coefficient (Wildman–Crippen LogP) is 1.73. The molecule has 1 aliphatic rings. The molecule has 1 fully saturated rings. The van der Waals surface area contributed by atoms with E-state index in [1.165, 1.54) is 7.11 Å². The molecule has 17 heavy (non-hydrogen) atoms. The highest BCUT2D eigenvalue weighted by Crippen LogP contribution is 2.12. The average molecular weight is 277 g/mol. The normalized spacial score (nSPS) is 19.0. The fourth-order valence-corrected chi connectivity index (χ4v) is 2.53. The smallest absolute Gasteiger partial charge is 0.305 e. The van der Waals surface area contributed by atoms with E-state index in [-0.39, 0.29) is 5.97 Å². The van der Waals surface area contributed by atoms with E-state index < -0.39 is 0 Å².